The zero-order valence-electron chi connectivity index (χ0n) is 13.1. The van der Waals surface area contributed by atoms with Crippen LogP contribution in [0.4, 0.5) is 0 Å². The number of esters is 1. The topological polar surface area (TPSA) is 35.5 Å². The second kappa shape index (κ2) is 7.32. The Labute approximate surface area is 131 Å². The van der Waals surface area contributed by atoms with Crippen molar-refractivity contribution in [3.63, 3.8) is 0 Å². The van der Waals surface area contributed by atoms with E-state index in [-0.39, 0.29) is 29.5 Å². The second-order valence-corrected chi connectivity index (χ2v) is 6.85. The van der Waals surface area contributed by atoms with Gasteiger partial charge in [-0.25, -0.2) is 0 Å². The van der Waals surface area contributed by atoms with E-state index in [0.717, 1.165) is 11.3 Å². The highest BCUT2D eigenvalue weighted by molar-refractivity contribution is 7.99. The average molecular weight is 308 g/mol. The van der Waals surface area contributed by atoms with Crippen LogP contribution in [0.1, 0.15) is 34.1 Å². The summed E-state index contributed by atoms with van der Waals surface area (Å²) in [5.41, 5.74) is -0.146. The van der Waals surface area contributed by atoms with Crippen molar-refractivity contribution < 1.29 is 14.3 Å². The summed E-state index contributed by atoms with van der Waals surface area (Å²) in [5.74, 6) is 0.428. The van der Waals surface area contributed by atoms with Crippen LogP contribution in [-0.4, -0.2) is 23.6 Å². The highest BCUT2D eigenvalue weighted by Gasteiger charge is 2.43. The molecule has 0 bridgehead atoms. The summed E-state index contributed by atoms with van der Waals surface area (Å²) in [4.78, 5) is 12.6. The minimum atomic E-state index is -0.240. The summed E-state index contributed by atoms with van der Waals surface area (Å²) in [7, 11) is 0. The van der Waals surface area contributed by atoms with E-state index < -0.39 is 0 Å². The molecule has 0 aliphatic carbocycles. The van der Waals surface area contributed by atoms with Crippen LogP contribution in [0, 0.1) is 11.8 Å². The van der Waals surface area contributed by atoms with E-state index in [2.05, 4.69) is 32.9 Å². The van der Waals surface area contributed by atoms with Gasteiger partial charge < -0.3 is 9.47 Å². The van der Waals surface area contributed by atoms with Gasteiger partial charge in [-0.15, -0.1) is 0 Å². The first kappa shape index (κ1) is 16.4. The third-order valence-electron chi connectivity index (χ3n) is 4.21. The second-order valence-electron chi connectivity index (χ2n) is 5.67. The molecule has 3 nitrogen and oxygen atoms in total. The lowest BCUT2D eigenvalue weighted by molar-refractivity contribution is -0.176. The molecule has 1 aromatic rings. The van der Waals surface area contributed by atoms with Crippen molar-refractivity contribution in [2.45, 2.75) is 56.7 Å². The molecule has 1 saturated heterocycles. The van der Waals surface area contributed by atoms with Gasteiger partial charge in [0.15, 0.2) is 0 Å². The molecule has 2 rings (SSSR count). The lowest BCUT2D eigenvalue weighted by Crippen LogP contribution is -2.49. The Kier molecular flexibility index (Phi) is 5.71. The van der Waals surface area contributed by atoms with Crippen molar-refractivity contribution in [2.24, 2.45) is 11.8 Å². The number of carbonyl (C=O) groups is 1. The van der Waals surface area contributed by atoms with Gasteiger partial charge in [0, 0.05) is 17.7 Å². The first-order chi connectivity index (χ1) is 10.0. The Balaban J connectivity index is 2.18. The molecule has 0 N–H and O–H groups in total. The van der Waals surface area contributed by atoms with Crippen molar-refractivity contribution in [2.75, 3.05) is 0 Å². The molecule has 0 amide bonds. The maximum absolute atomic E-state index is 11.4. The predicted molar refractivity (Wildman–Crippen MR) is 85.1 cm³/mol. The Bertz CT molecular complexity index is 462. The van der Waals surface area contributed by atoms with Gasteiger partial charge in [-0.05, 0) is 24.5 Å². The Hall–Kier alpha value is -1.00. The molecule has 116 valence electrons. The van der Waals surface area contributed by atoms with Crippen LogP contribution in [0.2, 0.25) is 0 Å². The molecule has 1 aliphatic rings. The predicted octanol–water partition coefficient (Wildman–Crippen LogP) is 4.12. The number of benzene rings is 1. The van der Waals surface area contributed by atoms with Gasteiger partial charge >= 0.3 is 5.97 Å². The summed E-state index contributed by atoms with van der Waals surface area (Å²) < 4.78 is 11.8. The number of hydrogen-bond acceptors (Lipinski definition) is 4. The molecule has 0 aromatic heterocycles. The van der Waals surface area contributed by atoms with Crippen molar-refractivity contribution in [3.8, 4) is 0 Å². The number of ether oxygens (including phenoxy) is 2. The van der Waals surface area contributed by atoms with E-state index in [1.54, 1.807) is 11.8 Å². The highest BCUT2D eigenvalue weighted by atomic mass is 32.2. The number of hydrogen-bond donors (Lipinski definition) is 0. The first-order valence-corrected chi connectivity index (χ1v) is 8.45. The fourth-order valence-electron chi connectivity index (χ4n) is 2.81. The van der Waals surface area contributed by atoms with Gasteiger partial charge in [-0.3, -0.25) is 4.79 Å². The lowest BCUT2D eigenvalue weighted by atomic mass is 9.83. The van der Waals surface area contributed by atoms with Gasteiger partial charge in [0.2, 0.25) is 0 Å². The van der Waals surface area contributed by atoms with Crippen LogP contribution in [0.3, 0.4) is 0 Å². The van der Waals surface area contributed by atoms with Crippen molar-refractivity contribution in [1.29, 1.82) is 0 Å². The molecular formula is C17H24O3S. The van der Waals surface area contributed by atoms with Crippen molar-refractivity contribution in [1.82, 2.24) is 0 Å². The maximum atomic E-state index is 11.4. The lowest BCUT2D eigenvalue weighted by Gasteiger charge is -2.43. The fourth-order valence-corrected chi connectivity index (χ4v) is 4.03. The third kappa shape index (κ3) is 4.01. The molecule has 4 heteroatoms. The molecule has 1 aromatic carbocycles. The third-order valence-corrected chi connectivity index (χ3v) is 5.37. The normalized spacial score (nSPS) is 32.7. The zero-order chi connectivity index (χ0) is 15.4. The van der Waals surface area contributed by atoms with Gasteiger partial charge in [-0.1, -0.05) is 50.7 Å². The Morgan fingerprint density at radius 1 is 1.24 bits per heavy atom. The van der Waals surface area contributed by atoms with E-state index in [0.29, 0.717) is 5.92 Å². The summed E-state index contributed by atoms with van der Waals surface area (Å²) in [6.07, 6.45) is 0.989. The van der Waals surface area contributed by atoms with Crippen molar-refractivity contribution >= 4 is 17.7 Å². The van der Waals surface area contributed by atoms with E-state index in [1.807, 2.05) is 18.2 Å². The Morgan fingerprint density at radius 3 is 2.48 bits per heavy atom. The molecule has 0 radical (unpaired) electrons. The summed E-state index contributed by atoms with van der Waals surface area (Å²) >= 11 is 1.64. The van der Waals surface area contributed by atoms with Crippen LogP contribution >= 0.6 is 11.8 Å². The molecular weight excluding hydrogens is 284 g/mol. The summed E-state index contributed by atoms with van der Waals surface area (Å²) in [5, 5.41) is 0. The molecule has 2 unspecified atom stereocenters. The number of rotatable bonds is 4. The van der Waals surface area contributed by atoms with Crippen LogP contribution in [0.25, 0.3) is 0 Å². The zero-order valence-corrected chi connectivity index (χ0v) is 13.9. The molecule has 0 saturated carbocycles. The van der Waals surface area contributed by atoms with E-state index in [1.165, 1.54) is 6.92 Å². The molecule has 0 spiro atoms. The largest absolute Gasteiger partial charge is 0.459 e. The van der Waals surface area contributed by atoms with Crippen LogP contribution in [0.15, 0.2) is 35.2 Å². The van der Waals surface area contributed by atoms with Crippen molar-refractivity contribution in [3.05, 3.63) is 30.3 Å². The molecule has 1 fully saturated rings. The molecule has 1 aliphatic heterocycles. The maximum Gasteiger partial charge on any atom is 0.303 e. The molecule has 5 atom stereocenters. The number of thioether (sulfide) groups is 1. The highest BCUT2D eigenvalue weighted by Crippen LogP contribution is 2.40. The minimum absolute atomic E-state index is 0.146. The van der Waals surface area contributed by atoms with Gasteiger partial charge in [0.05, 0.1) is 6.10 Å². The SMILES string of the molecule is CCC1O[C@@H](Sc2ccccc2)C(OC(C)=O)[C@@H](C)[C@@H]1C. The van der Waals surface area contributed by atoms with E-state index in [9.17, 15) is 4.79 Å². The van der Waals surface area contributed by atoms with Gasteiger partial charge in [0.1, 0.15) is 11.5 Å². The average Bonchev–Trinajstić information content (AvgIpc) is 2.47. The monoisotopic (exact) mass is 308 g/mol. The standard InChI is InChI=1S/C17H24O3S/c1-5-15-11(2)12(3)16(19-13(4)18)17(20-15)21-14-9-7-6-8-10-14/h6-12,15-17H,5H2,1-4H3/t11-,12-,15?,16?,17-/m0/s1. The van der Waals surface area contributed by atoms with E-state index in [4.69, 9.17) is 9.47 Å². The number of carbonyl (C=O) groups excluding carboxylic acids is 1. The molecule has 1 heterocycles. The quantitative estimate of drug-likeness (QED) is 0.784. The van der Waals surface area contributed by atoms with Gasteiger partial charge in [-0.2, -0.15) is 0 Å². The van der Waals surface area contributed by atoms with Gasteiger partial charge in [0.25, 0.3) is 0 Å². The first-order valence-electron chi connectivity index (χ1n) is 7.57. The fraction of sp³-hybridized carbons (Fsp3) is 0.588. The Morgan fingerprint density at radius 2 is 1.90 bits per heavy atom. The minimum Gasteiger partial charge on any atom is -0.459 e. The smallest absolute Gasteiger partial charge is 0.303 e. The van der Waals surface area contributed by atoms with E-state index >= 15 is 0 Å². The van der Waals surface area contributed by atoms with Crippen LogP contribution in [-0.2, 0) is 14.3 Å². The van der Waals surface area contributed by atoms with Crippen LogP contribution < -0.4 is 0 Å². The van der Waals surface area contributed by atoms with Crippen LogP contribution in [0.5, 0.6) is 0 Å². The summed E-state index contributed by atoms with van der Waals surface area (Å²) in [6.45, 7) is 7.94. The molecule has 21 heavy (non-hydrogen) atoms. The summed E-state index contributed by atoms with van der Waals surface area (Å²) in [6, 6.07) is 10.1.